The van der Waals surface area contributed by atoms with Gasteiger partial charge in [-0.2, -0.15) is 20.4 Å². The van der Waals surface area contributed by atoms with Crippen molar-refractivity contribution in [1.29, 1.82) is 0 Å². The van der Waals surface area contributed by atoms with Crippen LogP contribution in [0.2, 0.25) is 14.8 Å². The van der Waals surface area contributed by atoms with Gasteiger partial charge in [-0.1, -0.05) is 70.8 Å². The molecular formula is C94H103BBr4IN16O19S4Sn. The second-order valence-electron chi connectivity index (χ2n) is 32.7. The number of benzene rings is 4. The van der Waals surface area contributed by atoms with E-state index in [4.69, 9.17) is 15.2 Å². The second-order valence-corrected chi connectivity index (χ2v) is 53.3. The van der Waals surface area contributed by atoms with Crippen molar-refractivity contribution in [2.75, 3.05) is 21.3 Å². The zero-order chi connectivity index (χ0) is 101. The minimum absolute atomic E-state index is 0. The third-order valence-electron chi connectivity index (χ3n) is 21.3. The molecule has 16 aromatic rings. The topological polar surface area (TPSA) is 467 Å². The first-order valence-electron chi connectivity index (χ1n) is 43.1. The van der Waals surface area contributed by atoms with Gasteiger partial charge in [0.25, 0.3) is 40.1 Å². The van der Waals surface area contributed by atoms with Crippen LogP contribution in [0, 0.1) is 59.0 Å². The van der Waals surface area contributed by atoms with Gasteiger partial charge in [0.05, 0.1) is 63.7 Å². The summed E-state index contributed by atoms with van der Waals surface area (Å²) in [6.45, 7) is 17.0. The van der Waals surface area contributed by atoms with Crippen molar-refractivity contribution in [3.05, 3.63) is 262 Å². The standard InChI is InChI=1S/2C23H23BrN4O4S.C22H21BrN4O4S.C14H10BrIN2O2S.C9H15BN2O4.3CH3.H2O.Sn/c2*1-15-6-8-18(9-7-15)33(30,31)28-14-21(19-11-17(24)12-25-23(19)28)20-13-27(26-16(20)2)10-4-5-22(29)32-3;1-14-5-7-17(8-6-14)32(30,31)27-13-20(18-10-16(23)11-24-22(18)27)19-12-26(25-15(19)2)9-3-4-21(28)29;1-9-2-4-11(5-3-9)21(19,20)18-8-13(16)12-6-10(15)7-17-14(12)18;1-7-8(10(14)15)6-12(11-7)5-3-4-9(13)16-2;;;;;/h2*6-9,11-14H,4-5,10H2,1-3H3;5-8,10-13H,3-4,9H2,1-2H3,(H,28,29);2-8H,1H3;6,14-15H,3-5H2,1-2H3;3*1H3;1H2;. The normalized spacial score (nSPS) is 11.5. The third-order valence-corrected chi connectivity index (χ3v) is 30.6. The molecule has 0 saturated carbocycles. The van der Waals surface area contributed by atoms with E-state index in [1.807, 2.05) is 91.3 Å². The van der Waals surface area contributed by atoms with Gasteiger partial charge in [-0.3, -0.25) is 37.9 Å². The van der Waals surface area contributed by atoms with E-state index in [1.165, 1.54) is 37.2 Å². The van der Waals surface area contributed by atoms with Crippen molar-refractivity contribution in [2.24, 2.45) is 0 Å². The van der Waals surface area contributed by atoms with E-state index < -0.39 is 72.9 Å². The fraction of sp³-hybridized carbons (Fsp3) is 0.277. The summed E-state index contributed by atoms with van der Waals surface area (Å²) in [7, 11) is -12.6. The van der Waals surface area contributed by atoms with Gasteiger partial charge in [-0.15, -0.1) is 0 Å². The van der Waals surface area contributed by atoms with Gasteiger partial charge in [0.2, 0.25) is 0 Å². The van der Waals surface area contributed by atoms with E-state index in [-0.39, 0.29) is 49.4 Å². The molecule has 0 amide bonds. The molecular weight excluding hydrogens is 2360 g/mol. The quantitative estimate of drug-likeness (QED) is 0.0177. The number of aliphatic carboxylic acids is 1. The molecule has 0 spiro atoms. The van der Waals surface area contributed by atoms with Crippen LogP contribution < -0.4 is 5.46 Å². The van der Waals surface area contributed by atoms with Crippen LogP contribution in [0.25, 0.3) is 77.5 Å². The van der Waals surface area contributed by atoms with E-state index in [0.29, 0.717) is 143 Å². The fourth-order valence-electron chi connectivity index (χ4n) is 14.3. The van der Waals surface area contributed by atoms with Crippen molar-refractivity contribution >= 4 is 227 Å². The number of rotatable bonds is 28. The van der Waals surface area contributed by atoms with Crippen LogP contribution in [0.4, 0.5) is 0 Å². The average molecular weight is 2470 g/mol. The summed E-state index contributed by atoms with van der Waals surface area (Å²) in [6, 6.07) is 34.4. The number of pyridine rings is 4. The van der Waals surface area contributed by atoms with Gasteiger partial charge in [-0.25, -0.2) is 69.5 Å². The molecule has 1 radical (unpaired) electrons. The number of fused-ring (bicyclic) bond motifs is 4. The van der Waals surface area contributed by atoms with Gasteiger partial charge >= 0.3 is 65.6 Å². The summed E-state index contributed by atoms with van der Waals surface area (Å²) < 4.78 is 136. The molecule has 0 saturated heterocycles. The number of methoxy groups -OCH3 is 3. The fourth-order valence-corrected chi connectivity index (χ4v) is 21.8. The SMILES string of the molecule is COC(=O)CCCn1cc(-c2cn(S(=O)(=O)c3ccc(C)cc3)c3ncc(Br)cc23)c(C)n1.COC(=O)CCCn1cc(-c2cn(S(=O)(=O)c3ccc(C)cc3)c3ncc(Br)cc23)c(C)n1.COC(=O)CCCn1cc(B(O)O)c(C)n1.Cc1ccc(S(=O)(=O)n2cc(-c3cn(CCCC(=O)O)nc3C)c3cc(Br)cnc32)cc1.Cc1ccc(S(=O)(=O)n2cc(I)c3cc(Br)cnc32)cc1.O.[CH3][Sn]([CH3])[CH3]. The monoisotopic (exact) mass is 2460 g/mol. The average Bonchev–Trinajstić information content (AvgIpc) is 1.59. The number of carbonyl (C=O) groups is 4. The predicted molar refractivity (Wildman–Crippen MR) is 560 cm³/mol. The number of carboxylic acids is 1. The summed E-state index contributed by atoms with van der Waals surface area (Å²) >= 11 is 15.2. The van der Waals surface area contributed by atoms with Crippen molar-refractivity contribution < 1.29 is 87.7 Å². The van der Waals surface area contributed by atoms with Crippen LogP contribution in [0.15, 0.2) is 233 Å². The van der Waals surface area contributed by atoms with Crippen LogP contribution in [-0.2, 0) is 99.7 Å². The Labute approximate surface area is 865 Å². The van der Waals surface area contributed by atoms with Gasteiger partial charge in [0.1, 0.15) is 0 Å². The molecule has 12 heterocycles. The molecule has 35 nitrogen and oxygen atoms in total. The number of ether oxygens (including phenoxy) is 3. The Bertz CT molecular complexity index is 7440. The molecule has 16 rings (SSSR count). The molecule has 739 valence electrons. The maximum atomic E-state index is 13.5. The third kappa shape index (κ3) is 27.7. The number of hydrogen-bond acceptors (Lipinski definition) is 25. The summed E-state index contributed by atoms with van der Waals surface area (Å²) in [5, 5.41) is 47.4. The zero-order valence-corrected chi connectivity index (χ0v) is 93.3. The van der Waals surface area contributed by atoms with E-state index >= 15 is 0 Å². The van der Waals surface area contributed by atoms with E-state index in [9.17, 15) is 52.8 Å². The van der Waals surface area contributed by atoms with E-state index in [1.54, 1.807) is 178 Å². The van der Waals surface area contributed by atoms with Gasteiger partial charge in [0.15, 0.2) is 22.6 Å². The second kappa shape index (κ2) is 49.0. The first-order chi connectivity index (χ1) is 65.7. The van der Waals surface area contributed by atoms with Crippen molar-refractivity contribution in [1.82, 2.24) is 74.9 Å². The van der Waals surface area contributed by atoms with Crippen LogP contribution >= 0.6 is 86.3 Å². The van der Waals surface area contributed by atoms with E-state index in [0.717, 1.165) is 77.2 Å². The molecule has 5 N–H and O–H groups in total. The van der Waals surface area contributed by atoms with Gasteiger partial charge < -0.3 is 34.8 Å². The summed E-state index contributed by atoms with van der Waals surface area (Å²) in [6.07, 6.45) is 23.0. The Morgan fingerprint density at radius 3 is 0.850 bits per heavy atom. The Hall–Kier alpha value is -10.4. The Balaban J connectivity index is 0.000000182. The molecule has 0 fully saturated rings. The summed E-state index contributed by atoms with van der Waals surface area (Å²) in [4.78, 5) is 69.8. The molecule has 0 aliphatic carbocycles. The van der Waals surface area contributed by atoms with Crippen molar-refractivity contribution in [3.63, 3.8) is 0 Å². The maximum absolute atomic E-state index is 13.5. The van der Waals surface area contributed by atoms with Gasteiger partial charge in [0, 0.05) is 208 Å². The van der Waals surface area contributed by atoms with E-state index in [2.05, 4.69) is 156 Å². The Morgan fingerprint density at radius 1 is 0.364 bits per heavy atom. The molecule has 12 aromatic heterocycles. The summed E-state index contributed by atoms with van der Waals surface area (Å²) in [5.74, 6) is -1.64. The number of carboxylic acid groups (broad SMARTS) is 1. The molecule has 0 atom stereocenters. The molecule has 0 aliphatic rings. The summed E-state index contributed by atoms with van der Waals surface area (Å²) in [5.41, 5.74) is 13.0. The van der Waals surface area contributed by atoms with Crippen molar-refractivity contribution in [3.8, 4) is 33.4 Å². The van der Waals surface area contributed by atoms with Crippen LogP contribution in [-0.4, -0.2) is 201 Å². The number of hydrogen-bond donors (Lipinski definition) is 3. The number of esters is 3. The number of aromatic nitrogens is 16. The van der Waals surface area contributed by atoms with Gasteiger partial charge in [-0.05, 0) is 240 Å². The predicted octanol–water partition coefficient (Wildman–Crippen LogP) is 16.6. The first kappa shape index (κ1) is 112. The molecule has 46 heteroatoms. The minimum atomic E-state index is -3.87. The first-order valence-corrected chi connectivity index (χ1v) is 61.7. The van der Waals surface area contributed by atoms with Crippen LogP contribution in [0.1, 0.15) is 96.4 Å². The number of halogens is 5. The number of aryl methyl sites for hydroxylation is 12. The Kier molecular flexibility index (Phi) is 39.1. The van der Waals surface area contributed by atoms with Crippen molar-refractivity contribution in [2.45, 2.75) is 167 Å². The molecule has 0 unspecified atom stereocenters. The molecule has 0 bridgehead atoms. The van der Waals surface area contributed by atoms with Crippen LogP contribution in [0.5, 0.6) is 0 Å². The molecule has 140 heavy (non-hydrogen) atoms. The Morgan fingerprint density at radius 2 is 0.600 bits per heavy atom. The molecule has 0 aliphatic heterocycles. The zero-order valence-electron chi connectivity index (χ0n) is 78.7. The van der Waals surface area contributed by atoms with Crippen LogP contribution in [0.3, 0.4) is 0 Å². The molecule has 4 aromatic carbocycles. The number of nitrogens with zero attached hydrogens (tertiary/aromatic N) is 16. The number of carbonyl (C=O) groups excluding carboxylic acids is 3.